The summed E-state index contributed by atoms with van der Waals surface area (Å²) in [5, 5.41) is 6.92. The van der Waals surface area contributed by atoms with E-state index in [4.69, 9.17) is 14.7 Å². The molecule has 1 aliphatic rings. The van der Waals surface area contributed by atoms with Gasteiger partial charge in [-0.1, -0.05) is 30.3 Å². The lowest BCUT2D eigenvalue weighted by molar-refractivity contribution is 0.123. The molecule has 1 unspecified atom stereocenters. The van der Waals surface area contributed by atoms with Crippen molar-refractivity contribution in [1.29, 1.82) is 0 Å². The summed E-state index contributed by atoms with van der Waals surface area (Å²) in [6.07, 6.45) is 0. The summed E-state index contributed by atoms with van der Waals surface area (Å²) in [7, 11) is 3.87. The average Bonchev–Trinajstić information content (AvgIpc) is 3.17. The van der Waals surface area contributed by atoms with Crippen LogP contribution in [0.2, 0.25) is 0 Å². The highest BCUT2D eigenvalue weighted by Crippen LogP contribution is 2.37. The lowest BCUT2D eigenvalue weighted by Crippen LogP contribution is -2.49. The summed E-state index contributed by atoms with van der Waals surface area (Å²) in [5.74, 6) is 1.62. The van der Waals surface area contributed by atoms with Crippen LogP contribution in [0.3, 0.4) is 0 Å². The quantitative estimate of drug-likeness (QED) is 0.642. The first-order valence-electron chi connectivity index (χ1n) is 10.1. The van der Waals surface area contributed by atoms with Crippen molar-refractivity contribution in [2.45, 2.75) is 19.6 Å². The standard InChI is InChI=1S/C22H29N5OS/c1-16(27-11-9-26(2)10-12-27)13-23-21-20-18(17-7-5-4-6-8-17)15-29-22(20)25-19(24-21)14-28-3/h4-8,15-16H,9-14H2,1-3H3,(H,23,24,25). The molecule has 29 heavy (non-hydrogen) atoms. The molecule has 4 rings (SSSR count). The summed E-state index contributed by atoms with van der Waals surface area (Å²) >= 11 is 1.66. The number of piperazine rings is 1. The van der Waals surface area contributed by atoms with Gasteiger partial charge in [0.15, 0.2) is 5.82 Å². The Morgan fingerprint density at radius 3 is 2.62 bits per heavy atom. The van der Waals surface area contributed by atoms with Crippen LogP contribution in [0.25, 0.3) is 21.3 Å². The van der Waals surface area contributed by atoms with Crippen LogP contribution >= 0.6 is 11.3 Å². The van der Waals surface area contributed by atoms with Crippen LogP contribution in [-0.4, -0.2) is 72.7 Å². The van der Waals surface area contributed by atoms with E-state index in [9.17, 15) is 0 Å². The molecule has 0 spiro atoms. The van der Waals surface area contributed by atoms with Crippen LogP contribution in [0.1, 0.15) is 12.7 Å². The van der Waals surface area contributed by atoms with E-state index in [1.807, 2.05) is 6.07 Å². The molecule has 0 radical (unpaired) electrons. The first-order chi connectivity index (χ1) is 14.2. The molecule has 1 saturated heterocycles. The number of ether oxygens (including phenoxy) is 1. The van der Waals surface area contributed by atoms with Gasteiger partial charge in [-0.2, -0.15) is 0 Å². The SMILES string of the molecule is COCc1nc(NCC(C)N2CCN(C)CC2)c2c(-c3ccccc3)csc2n1. The van der Waals surface area contributed by atoms with Crippen LogP contribution in [0.4, 0.5) is 5.82 Å². The second-order valence-electron chi connectivity index (χ2n) is 7.69. The maximum Gasteiger partial charge on any atom is 0.158 e. The van der Waals surface area contributed by atoms with E-state index in [0.717, 1.165) is 54.6 Å². The van der Waals surface area contributed by atoms with Crippen molar-refractivity contribution in [2.75, 3.05) is 52.2 Å². The van der Waals surface area contributed by atoms with Crippen molar-refractivity contribution in [3.63, 3.8) is 0 Å². The van der Waals surface area contributed by atoms with Crippen molar-refractivity contribution < 1.29 is 4.74 Å². The number of methoxy groups -OCH3 is 1. The molecular formula is C22H29N5OS. The number of anilines is 1. The first kappa shape index (κ1) is 20.2. The van der Waals surface area contributed by atoms with Gasteiger partial charge in [-0.15, -0.1) is 11.3 Å². The zero-order valence-corrected chi connectivity index (χ0v) is 18.2. The molecule has 1 fully saturated rings. The molecule has 0 aliphatic carbocycles. The van der Waals surface area contributed by atoms with Crippen molar-refractivity contribution in [2.24, 2.45) is 0 Å². The van der Waals surface area contributed by atoms with Gasteiger partial charge in [-0.05, 0) is 19.5 Å². The molecule has 0 bridgehead atoms. The summed E-state index contributed by atoms with van der Waals surface area (Å²) in [6.45, 7) is 8.04. The van der Waals surface area contributed by atoms with Crippen LogP contribution < -0.4 is 5.32 Å². The monoisotopic (exact) mass is 411 g/mol. The number of hydrogen-bond donors (Lipinski definition) is 1. The molecule has 2 aromatic heterocycles. The normalized spacial score (nSPS) is 16.9. The van der Waals surface area contributed by atoms with Crippen LogP contribution in [-0.2, 0) is 11.3 Å². The minimum atomic E-state index is 0.414. The largest absolute Gasteiger partial charge is 0.377 e. The minimum absolute atomic E-state index is 0.414. The van der Waals surface area contributed by atoms with Crippen molar-refractivity contribution in [1.82, 2.24) is 19.8 Å². The van der Waals surface area contributed by atoms with E-state index in [1.54, 1.807) is 18.4 Å². The molecule has 1 aromatic carbocycles. The lowest BCUT2D eigenvalue weighted by atomic mass is 10.1. The van der Waals surface area contributed by atoms with Crippen LogP contribution in [0.5, 0.6) is 0 Å². The summed E-state index contributed by atoms with van der Waals surface area (Å²) in [6, 6.07) is 10.9. The fraction of sp³-hybridized carbons (Fsp3) is 0.455. The van der Waals surface area contributed by atoms with Gasteiger partial charge in [0.05, 0.1) is 5.39 Å². The maximum atomic E-state index is 5.29. The molecule has 154 valence electrons. The van der Waals surface area contributed by atoms with Crippen LogP contribution in [0.15, 0.2) is 35.7 Å². The Balaban J connectivity index is 1.61. The predicted molar refractivity (Wildman–Crippen MR) is 121 cm³/mol. The fourth-order valence-electron chi connectivity index (χ4n) is 3.77. The Labute approximate surface area is 176 Å². The number of rotatable bonds is 7. The number of likely N-dealkylation sites (N-methyl/N-ethyl adjacent to an activating group) is 1. The average molecular weight is 412 g/mol. The number of nitrogens with one attached hydrogen (secondary N) is 1. The number of nitrogens with zero attached hydrogens (tertiary/aromatic N) is 4. The van der Waals surface area contributed by atoms with E-state index in [2.05, 4.69) is 58.7 Å². The molecule has 1 aliphatic heterocycles. The van der Waals surface area contributed by atoms with Gasteiger partial charge in [-0.3, -0.25) is 4.90 Å². The third kappa shape index (κ3) is 4.59. The number of hydrogen-bond acceptors (Lipinski definition) is 7. The first-order valence-corrected chi connectivity index (χ1v) is 11.0. The van der Waals surface area contributed by atoms with Gasteiger partial charge in [-0.25, -0.2) is 9.97 Å². The Bertz CT molecular complexity index is 937. The number of fused-ring (bicyclic) bond motifs is 1. The zero-order valence-electron chi connectivity index (χ0n) is 17.4. The van der Waals surface area contributed by atoms with E-state index in [1.165, 1.54) is 11.1 Å². The molecule has 1 atom stereocenters. The van der Waals surface area contributed by atoms with E-state index in [0.29, 0.717) is 12.6 Å². The molecule has 3 heterocycles. The Kier molecular flexibility index (Phi) is 6.40. The predicted octanol–water partition coefficient (Wildman–Crippen LogP) is 3.55. The third-order valence-corrected chi connectivity index (χ3v) is 6.44. The molecule has 3 aromatic rings. The highest BCUT2D eigenvalue weighted by molar-refractivity contribution is 7.17. The molecule has 1 N–H and O–H groups in total. The second kappa shape index (κ2) is 9.17. The van der Waals surface area contributed by atoms with Gasteiger partial charge in [0.1, 0.15) is 17.3 Å². The fourth-order valence-corrected chi connectivity index (χ4v) is 4.74. The molecular weight excluding hydrogens is 382 g/mol. The van der Waals surface area contributed by atoms with E-state index < -0.39 is 0 Å². The molecule has 7 heteroatoms. The maximum absolute atomic E-state index is 5.29. The van der Waals surface area contributed by atoms with Gasteiger partial charge in [0, 0.05) is 56.8 Å². The van der Waals surface area contributed by atoms with E-state index >= 15 is 0 Å². The Morgan fingerprint density at radius 1 is 1.14 bits per heavy atom. The summed E-state index contributed by atoms with van der Waals surface area (Å²) < 4.78 is 5.29. The van der Waals surface area contributed by atoms with E-state index in [-0.39, 0.29) is 0 Å². The number of benzene rings is 1. The highest BCUT2D eigenvalue weighted by atomic mass is 32.1. The Hall–Kier alpha value is -2.06. The topological polar surface area (TPSA) is 53.5 Å². The number of aromatic nitrogens is 2. The van der Waals surface area contributed by atoms with Crippen molar-refractivity contribution in [3.8, 4) is 11.1 Å². The third-order valence-electron chi connectivity index (χ3n) is 5.56. The van der Waals surface area contributed by atoms with Gasteiger partial charge in [0.2, 0.25) is 0 Å². The highest BCUT2D eigenvalue weighted by Gasteiger charge is 2.20. The van der Waals surface area contributed by atoms with Gasteiger partial charge in [0.25, 0.3) is 0 Å². The van der Waals surface area contributed by atoms with Crippen molar-refractivity contribution in [3.05, 3.63) is 41.5 Å². The van der Waals surface area contributed by atoms with Gasteiger partial charge >= 0.3 is 0 Å². The summed E-state index contributed by atoms with van der Waals surface area (Å²) in [5.41, 5.74) is 2.38. The second-order valence-corrected chi connectivity index (χ2v) is 8.54. The van der Waals surface area contributed by atoms with Gasteiger partial charge < -0.3 is 15.0 Å². The molecule has 6 nitrogen and oxygen atoms in total. The smallest absolute Gasteiger partial charge is 0.158 e. The number of thiophene rings is 1. The molecule has 0 amide bonds. The van der Waals surface area contributed by atoms with Crippen LogP contribution in [0, 0.1) is 0 Å². The lowest BCUT2D eigenvalue weighted by Gasteiger charge is -2.36. The minimum Gasteiger partial charge on any atom is -0.377 e. The Morgan fingerprint density at radius 2 is 1.90 bits per heavy atom. The summed E-state index contributed by atoms with van der Waals surface area (Å²) in [4.78, 5) is 15.5. The van der Waals surface area contributed by atoms with Crippen molar-refractivity contribution >= 4 is 27.4 Å². The zero-order chi connectivity index (χ0) is 20.2. The molecule has 0 saturated carbocycles.